The summed E-state index contributed by atoms with van der Waals surface area (Å²) in [6, 6.07) is 0. The van der Waals surface area contributed by atoms with Gasteiger partial charge in [-0.3, -0.25) is 4.79 Å². The average Bonchev–Trinajstić information content (AvgIpc) is 3.15. The van der Waals surface area contributed by atoms with Gasteiger partial charge in [0.1, 0.15) is 5.60 Å². The van der Waals surface area contributed by atoms with Gasteiger partial charge in [0.2, 0.25) is 15.0 Å². The Balaban J connectivity index is 0.000000226. The minimum Gasteiger partial charge on any atom is -0.444 e. The average molecular weight is 537 g/mol. The maximum absolute atomic E-state index is 12.1. The van der Waals surface area contributed by atoms with Gasteiger partial charge >= 0.3 is 6.09 Å². The maximum atomic E-state index is 12.1. The van der Waals surface area contributed by atoms with Gasteiger partial charge in [0.15, 0.2) is 0 Å². The van der Waals surface area contributed by atoms with Crippen LogP contribution in [0.1, 0.15) is 46.5 Å². The number of likely N-dealkylation sites (tertiary alicyclic amines) is 3. The first kappa shape index (κ1) is 30.1. The third-order valence-corrected chi connectivity index (χ3v) is 6.99. The fourth-order valence-electron chi connectivity index (χ4n) is 5.41. The van der Waals surface area contributed by atoms with Crippen LogP contribution in [0, 0.1) is 23.7 Å². The van der Waals surface area contributed by atoms with Crippen molar-refractivity contribution in [1.82, 2.24) is 20.0 Å². The summed E-state index contributed by atoms with van der Waals surface area (Å²) in [6.07, 6.45) is 5.01. The topological polar surface area (TPSA) is 99.3 Å². The summed E-state index contributed by atoms with van der Waals surface area (Å²) in [7, 11) is 5.40. The Morgan fingerprint density at radius 1 is 1.00 bits per heavy atom. The summed E-state index contributed by atoms with van der Waals surface area (Å²) in [5.74, 6) is 2.99. The summed E-state index contributed by atoms with van der Waals surface area (Å²) >= 11 is 0. The number of hydrogen-bond donors (Lipinski definition) is 1. The lowest BCUT2D eigenvalue weighted by Crippen LogP contribution is -2.37. The Hall–Kier alpha value is -1.10. The first-order chi connectivity index (χ1) is 16.1. The molecule has 11 heteroatoms. The van der Waals surface area contributed by atoms with Gasteiger partial charge in [0.05, 0.1) is 6.26 Å². The first-order valence-electron chi connectivity index (χ1n) is 12.6. The van der Waals surface area contributed by atoms with E-state index < -0.39 is 14.7 Å². The van der Waals surface area contributed by atoms with Crippen LogP contribution in [0.2, 0.25) is 0 Å². The van der Waals surface area contributed by atoms with E-state index in [-0.39, 0.29) is 12.0 Å². The number of nitrogens with one attached hydrogen (secondary N) is 1. The van der Waals surface area contributed by atoms with E-state index in [1.54, 1.807) is 9.80 Å². The van der Waals surface area contributed by atoms with Crippen LogP contribution in [0.25, 0.3) is 0 Å². The van der Waals surface area contributed by atoms with E-state index in [0.29, 0.717) is 24.8 Å². The highest BCUT2D eigenvalue weighted by Crippen LogP contribution is 2.31. The van der Waals surface area contributed by atoms with Crippen molar-refractivity contribution in [3.63, 3.8) is 0 Å². The molecule has 9 nitrogen and oxygen atoms in total. The number of rotatable bonds is 0. The van der Waals surface area contributed by atoms with Gasteiger partial charge in [-0.25, -0.2) is 13.2 Å². The standard InChI is InChI=1S/C14H24N2O3.C9H18N2.CH3ClO2S/c1-14(2,3)19-13(18)16-8-10-5-6-12(17)15(4)7-11(10)9-16;1-11-6-8-3-2-4-10-5-9(8)7-11;1-5(2,3)4/h10-11H,5-9H2,1-4H3;8-10H,2-7H2,1H3;1H3. The third kappa shape index (κ3) is 11.2. The normalized spacial score (nSPS) is 29.5. The van der Waals surface area contributed by atoms with Gasteiger partial charge in [-0.1, -0.05) is 0 Å². The van der Waals surface area contributed by atoms with Crippen LogP contribution >= 0.6 is 10.7 Å². The molecule has 1 N–H and O–H groups in total. The first-order valence-corrected chi connectivity index (χ1v) is 15.3. The van der Waals surface area contributed by atoms with Crippen molar-refractivity contribution in [3.8, 4) is 0 Å². The Morgan fingerprint density at radius 3 is 2.20 bits per heavy atom. The zero-order chi connectivity index (χ0) is 26.4. The summed E-state index contributed by atoms with van der Waals surface area (Å²) in [5, 5.41) is 3.51. The molecule has 4 aliphatic heterocycles. The van der Waals surface area contributed by atoms with E-state index in [4.69, 9.17) is 4.74 Å². The molecule has 0 spiro atoms. The molecule has 0 bridgehead atoms. The van der Waals surface area contributed by atoms with E-state index in [1.807, 2.05) is 27.8 Å². The monoisotopic (exact) mass is 536 g/mol. The van der Waals surface area contributed by atoms with Gasteiger partial charge in [-0.2, -0.15) is 0 Å². The fourth-order valence-corrected chi connectivity index (χ4v) is 5.41. The maximum Gasteiger partial charge on any atom is 0.410 e. The molecule has 4 rings (SSSR count). The molecule has 204 valence electrons. The van der Waals surface area contributed by atoms with Crippen LogP contribution in [-0.2, 0) is 18.6 Å². The van der Waals surface area contributed by atoms with Crippen LogP contribution < -0.4 is 5.32 Å². The van der Waals surface area contributed by atoms with Gasteiger partial charge in [-0.05, 0) is 83.8 Å². The number of amides is 2. The summed E-state index contributed by atoms with van der Waals surface area (Å²) in [4.78, 5) is 29.8. The number of halogens is 1. The van der Waals surface area contributed by atoms with Crippen molar-refractivity contribution in [1.29, 1.82) is 0 Å². The predicted molar refractivity (Wildman–Crippen MR) is 139 cm³/mol. The minimum absolute atomic E-state index is 0.221. The molecule has 4 heterocycles. The molecule has 4 fully saturated rings. The molecule has 0 aromatic carbocycles. The molecule has 4 atom stereocenters. The highest BCUT2D eigenvalue weighted by atomic mass is 35.7. The Morgan fingerprint density at radius 2 is 1.57 bits per heavy atom. The Kier molecular flexibility index (Phi) is 11.1. The highest BCUT2D eigenvalue weighted by molar-refractivity contribution is 8.13. The molecule has 0 aromatic heterocycles. The molecular formula is C24H45ClN4O5S. The van der Waals surface area contributed by atoms with Gasteiger partial charge in [0.25, 0.3) is 0 Å². The van der Waals surface area contributed by atoms with Gasteiger partial charge < -0.3 is 24.8 Å². The minimum atomic E-state index is -3.19. The zero-order valence-corrected chi connectivity index (χ0v) is 23.8. The largest absolute Gasteiger partial charge is 0.444 e. The van der Waals surface area contributed by atoms with Crippen LogP contribution in [0.15, 0.2) is 0 Å². The van der Waals surface area contributed by atoms with Gasteiger partial charge in [-0.15, -0.1) is 0 Å². The molecule has 4 unspecified atom stereocenters. The number of carbonyl (C=O) groups excluding carboxylic acids is 2. The SMILES string of the molecule is CN1CC2CCCNCC2C1.CN1CC2CN(C(=O)OC(C)(C)C)CC2CCC1=O.CS(=O)(=O)Cl. The van der Waals surface area contributed by atoms with E-state index >= 15 is 0 Å². The molecule has 0 aromatic rings. The smallest absolute Gasteiger partial charge is 0.410 e. The van der Waals surface area contributed by atoms with Crippen molar-refractivity contribution in [2.75, 3.05) is 66.2 Å². The second-order valence-corrected chi connectivity index (χ2v) is 14.5. The second kappa shape index (κ2) is 12.9. The molecule has 35 heavy (non-hydrogen) atoms. The van der Waals surface area contributed by atoms with E-state index in [2.05, 4.69) is 27.9 Å². The lowest BCUT2D eigenvalue weighted by Gasteiger charge is -2.25. The Bertz CT molecular complexity index is 797. The lowest BCUT2D eigenvalue weighted by molar-refractivity contribution is -0.129. The van der Waals surface area contributed by atoms with E-state index in [9.17, 15) is 18.0 Å². The number of ether oxygens (including phenoxy) is 1. The van der Waals surface area contributed by atoms with Crippen LogP contribution in [0.4, 0.5) is 4.79 Å². The van der Waals surface area contributed by atoms with Crippen molar-refractivity contribution >= 4 is 31.7 Å². The van der Waals surface area contributed by atoms with Crippen molar-refractivity contribution in [3.05, 3.63) is 0 Å². The molecule has 2 amide bonds. The quantitative estimate of drug-likeness (QED) is 0.475. The zero-order valence-electron chi connectivity index (χ0n) is 22.3. The Labute approximate surface area is 216 Å². The van der Waals surface area contributed by atoms with Crippen LogP contribution in [-0.4, -0.2) is 107 Å². The van der Waals surface area contributed by atoms with Crippen LogP contribution in [0.3, 0.4) is 0 Å². The molecule has 0 saturated carbocycles. The van der Waals surface area contributed by atoms with Crippen LogP contribution in [0.5, 0.6) is 0 Å². The second-order valence-electron chi connectivity index (χ2n) is 11.5. The third-order valence-electron chi connectivity index (χ3n) is 6.99. The summed E-state index contributed by atoms with van der Waals surface area (Å²) in [6.45, 7) is 13.0. The molecule has 0 radical (unpaired) electrons. The summed E-state index contributed by atoms with van der Waals surface area (Å²) in [5.41, 5.74) is -0.450. The fraction of sp³-hybridized carbons (Fsp3) is 0.917. The number of carbonyl (C=O) groups is 2. The molecule has 4 aliphatic rings. The predicted octanol–water partition coefficient (Wildman–Crippen LogP) is 2.45. The van der Waals surface area contributed by atoms with E-state index in [1.165, 1.54) is 39.0 Å². The highest BCUT2D eigenvalue weighted by Gasteiger charge is 2.39. The number of hydrogen-bond acceptors (Lipinski definition) is 7. The molecule has 4 saturated heterocycles. The van der Waals surface area contributed by atoms with Crippen molar-refractivity contribution in [2.45, 2.75) is 52.1 Å². The van der Waals surface area contributed by atoms with Crippen molar-refractivity contribution in [2.24, 2.45) is 23.7 Å². The van der Waals surface area contributed by atoms with E-state index in [0.717, 1.165) is 37.6 Å². The summed E-state index contributed by atoms with van der Waals surface area (Å²) < 4.78 is 24.2. The number of nitrogens with zero attached hydrogens (tertiary/aromatic N) is 3. The number of fused-ring (bicyclic) bond motifs is 2. The lowest BCUT2D eigenvalue weighted by atomic mass is 9.93. The van der Waals surface area contributed by atoms with Crippen molar-refractivity contribution < 1.29 is 22.7 Å². The molecule has 0 aliphatic carbocycles. The van der Waals surface area contributed by atoms with Gasteiger partial charge in [0, 0.05) is 56.9 Å². The molecular weight excluding hydrogens is 492 g/mol.